The van der Waals surface area contributed by atoms with Crippen LogP contribution in [0.5, 0.6) is 5.75 Å². The van der Waals surface area contributed by atoms with E-state index in [0.717, 1.165) is 24.3 Å². The molecule has 0 radical (unpaired) electrons. The van der Waals surface area contributed by atoms with Crippen LogP contribution < -0.4 is 4.74 Å². The first-order valence-corrected chi connectivity index (χ1v) is 6.59. The van der Waals surface area contributed by atoms with Gasteiger partial charge in [0.05, 0.1) is 0 Å². The average Bonchev–Trinajstić information content (AvgIpc) is 2.42. The van der Waals surface area contributed by atoms with Crippen molar-refractivity contribution in [3.8, 4) is 5.75 Å². The lowest BCUT2D eigenvalue weighted by atomic mass is 9.95. The minimum Gasteiger partial charge on any atom is -0.454 e. The van der Waals surface area contributed by atoms with E-state index < -0.39 is 47.2 Å². The molecule has 0 amide bonds. The van der Waals surface area contributed by atoms with Crippen molar-refractivity contribution < 1.29 is 57.4 Å². The molecule has 0 spiro atoms. The standard InChI is InChI=1S/C14H8F12O/c1-10(16,27-7-5-3-2-4-6-7)8(12(18,19)20)9(15)11(17,13(21,22)23)14(24,25)26/h2-6H,1H3/b9-8+. The SMILES string of the molecule is CC(F)(Oc1ccccc1)/C(=C(\F)C(F)(C(F)(F)F)C(F)(F)F)C(F)(F)F. The fourth-order valence-electron chi connectivity index (χ4n) is 1.92. The van der Waals surface area contributed by atoms with Crippen molar-refractivity contribution in [2.24, 2.45) is 0 Å². The van der Waals surface area contributed by atoms with E-state index in [9.17, 15) is 52.7 Å². The van der Waals surface area contributed by atoms with Crippen molar-refractivity contribution in [1.82, 2.24) is 0 Å². The molecule has 27 heavy (non-hydrogen) atoms. The Hall–Kier alpha value is -2.08. The summed E-state index contributed by atoms with van der Waals surface area (Å²) in [5, 5.41) is 0. The highest BCUT2D eigenvalue weighted by atomic mass is 19.4. The lowest BCUT2D eigenvalue weighted by molar-refractivity contribution is -0.332. The molecule has 0 aliphatic rings. The lowest BCUT2D eigenvalue weighted by Crippen LogP contribution is -2.56. The molecule has 1 unspecified atom stereocenters. The maximum atomic E-state index is 14.4. The number of para-hydroxylation sites is 1. The number of halogens is 12. The third kappa shape index (κ3) is 4.43. The Morgan fingerprint density at radius 2 is 1.15 bits per heavy atom. The summed E-state index contributed by atoms with van der Waals surface area (Å²) in [6.45, 7) is -0.310. The van der Waals surface area contributed by atoms with Crippen LogP contribution >= 0.6 is 0 Å². The quantitative estimate of drug-likeness (QED) is 0.515. The van der Waals surface area contributed by atoms with Gasteiger partial charge in [-0.2, -0.15) is 43.9 Å². The number of alkyl halides is 11. The number of hydrogen-bond donors (Lipinski definition) is 0. The first-order chi connectivity index (χ1) is 11.9. The van der Waals surface area contributed by atoms with Gasteiger partial charge in [0.15, 0.2) is 5.83 Å². The molecule has 0 saturated carbocycles. The topological polar surface area (TPSA) is 9.23 Å². The summed E-state index contributed by atoms with van der Waals surface area (Å²) in [6.07, 6.45) is -20.9. The largest absolute Gasteiger partial charge is 0.454 e. The molecule has 0 aliphatic carbocycles. The molecule has 0 heterocycles. The zero-order valence-electron chi connectivity index (χ0n) is 12.8. The second kappa shape index (κ2) is 6.82. The normalized spacial score (nSPS) is 17.2. The van der Waals surface area contributed by atoms with Crippen molar-refractivity contribution >= 4 is 0 Å². The number of hydrogen-bond acceptors (Lipinski definition) is 1. The van der Waals surface area contributed by atoms with Crippen molar-refractivity contribution in [2.75, 3.05) is 0 Å². The van der Waals surface area contributed by atoms with Crippen molar-refractivity contribution in [2.45, 2.75) is 37.0 Å². The van der Waals surface area contributed by atoms with E-state index in [1.54, 1.807) is 0 Å². The molecule has 1 aromatic rings. The van der Waals surface area contributed by atoms with E-state index in [1.807, 2.05) is 0 Å². The molecule has 0 fully saturated rings. The van der Waals surface area contributed by atoms with Gasteiger partial charge in [-0.3, -0.25) is 0 Å². The van der Waals surface area contributed by atoms with E-state index in [-0.39, 0.29) is 6.92 Å². The van der Waals surface area contributed by atoms with Gasteiger partial charge < -0.3 is 4.74 Å². The minimum atomic E-state index is -7.21. The highest BCUT2D eigenvalue weighted by Gasteiger charge is 2.78. The smallest absolute Gasteiger partial charge is 0.438 e. The van der Waals surface area contributed by atoms with E-state index >= 15 is 0 Å². The van der Waals surface area contributed by atoms with Crippen molar-refractivity contribution in [3.05, 3.63) is 41.7 Å². The van der Waals surface area contributed by atoms with Gasteiger partial charge >= 0.3 is 24.2 Å². The predicted molar refractivity (Wildman–Crippen MR) is 66.7 cm³/mol. The predicted octanol–water partition coefficient (Wildman–Crippen LogP) is 6.37. The van der Waals surface area contributed by atoms with E-state index in [0.29, 0.717) is 0 Å². The first-order valence-electron chi connectivity index (χ1n) is 6.59. The first kappa shape index (κ1) is 23.0. The van der Waals surface area contributed by atoms with E-state index in [1.165, 1.54) is 6.07 Å². The molecule has 1 nitrogen and oxygen atoms in total. The Morgan fingerprint density at radius 3 is 1.48 bits per heavy atom. The second-order valence-corrected chi connectivity index (χ2v) is 5.17. The Labute approximate surface area is 143 Å². The lowest BCUT2D eigenvalue weighted by Gasteiger charge is -2.33. The highest BCUT2D eigenvalue weighted by molar-refractivity contribution is 5.33. The van der Waals surface area contributed by atoms with Crippen molar-refractivity contribution in [3.63, 3.8) is 0 Å². The van der Waals surface area contributed by atoms with Crippen LogP contribution in [0.15, 0.2) is 41.7 Å². The zero-order valence-corrected chi connectivity index (χ0v) is 12.8. The van der Waals surface area contributed by atoms with Gasteiger partial charge in [0.2, 0.25) is 0 Å². The summed E-state index contributed by atoms with van der Waals surface area (Å²) >= 11 is 0. The van der Waals surface area contributed by atoms with Crippen LogP contribution in [0.2, 0.25) is 0 Å². The van der Waals surface area contributed by atoms with Gasteiger partial charge in [-0.15, -0.1) is 0 Å². The number of benzene rings is 1. The number of allylic oxidation sites excluding steroid dienone is 1. The summed E-state index contributed by atoms with van der Waals surface area (Å²) in [6, 6.07) is 4.93. The zero-order chi connectivity index (χ0) is 21.5. The summed E-state index contributed by atoms with van der Waals surface area (Å²) in [5.41, 5.74) is -10.9. The van der Waals surface area contributed by atoms with Crippen LogP contribution in [0.1, 0.15) is 6.92 Å². The second-order valence-electron chi connectivity index (χ2n) is 5.17. The Balaban J connectivity index is 3.75. The van der Waals surface area contributed by atoms with E-state index in [2.05, 4.69) is 4.74 Å². The van der Waals surface area contributed by atoms with Crippen LogP contribution in [0, 0.1) is 0 Å². The number of rotatable bonds is 4. The van der Waals surface area contributed by atoms with Crippen LogP contribution in [-0.4, -0.2) is 30.1 Å². The van der Waals surface area contributed by atoms with Crippen molar-refractivity contribution in [1.29, 1.82) is 0 Å². The van der Waals surface area contributed by atoms with Gasteiger partial charge in [0.25, 0.3) is 5.85 Å². The van der Waals surface area contributed by atoms with Crippen LogP contribution in [0.3, 0.4) is 0 Å². The molecule has 0 aliphatic heterocycles. The Bertz CT molecular complexity index is 667. The van der Waals surface area contributed by atoms with E-state index in [4.69, 9.17) is 0 Å². The van der Waals surface area contributed by atoms with Crippen LogP contribution in [-0.2, 0) is 0 Å². The maximum Gasteiger partial charge on any atom is 0.438 e. The van der Waals surface area contributed by atoms with Gasteiger partial charge in [-0.05, 0) is 12.1 Å². The molecule has 0 N–H and O–H groups in total. The fraction of sp³-hybridized carbons (Fsp3) is 0.429. The Kier molecular flexibility index (Phi) is 5.80. The summed E-state index contributed by atoms with van der Waals surface area (Å²) in [5.74, 6) is -9.91. The molecular formula is C14H8F12O. The molecule has 0 aromatic heterocycles. The molecule has 1 aromatic carbocycles. The highest BCUT2D eigenvalue weighted by Crippen LogP contribution is 2.55. The Morgan fingerprint density at radius 1 is 0.741 bits per heavy atom. The third-order valence-electron chi connectivity index (χ3n) is 3.09. The molecular weight excluding hydrogens is 412 g/mol. The average molecular weight is 420 g/mol. The van der Waals surface area contributed by atoms with Gasteiger partial charge in [0, 0.05) is 6.92 Å². The fourth-order valence-corrected chi connectivity index (χ4v) is 1.92. The minimum absolute atomic E-state index is 0.310. The van der Waals surface area contributed by atoms with Gasteiger partial charge in [0.1, 0.15) is 11.3 Å². The molecule has 154 valence electrons. The van der Waals surface area contributed by atoms with Gasteiger partial charge in [-0.1, -0.05) is 18.2 Å². The molecule has 0 saturated heterocycles. The molecule has 0 bridgehead atoms. The molecule has 13 heteroatoms. The summed E-state index contributed by atoms with van der Waals surface area (Å²) in [7, 11) is 0. The third-order valence-corrected chi connectivity index (χ3v) is 3.09. The summed E-state index contributed by atoms with van der Waals surface area (Å²) < 4.78 is 160. The number of ether oxygens (including phenoxy) is 1. The van der Waals surface area contributed by atoms with Crippen LogP contribution in [0.25, 0.3) is 0 Å². The van der Waals surface area contributed by atoms with Gasteiger partial charge in [-0.25, -0.2) is 8.78 Å². The van der Waals surface area contributed by atoms with Crippen LogP contribution in [0.4, 0.5) is 52.7 Å². The monoisotopic (exact) mass is 420 g/mol. The maximum absolute atomic E-state index is 14.4. The molecule has 1 rings (SSSR count). The summed E-state index contributed by atoms with van der Waals surface area (Å²) in [4.78, 5) is 0. The molecule has 1 atom stereocenters.